The van der Waals surface area contributed by atoms with Gasteiger partial charge in [-0.15, -0.1) is 0 Å². The first-order valence-corrected chi connectivity index (χ1v) is 8.14. The molecule has 2 heterocycles. The number of fused-ring (bicyclic) bond motifs is 1. The third-order valence-electron chi connectivity index (χ3n) is 4.24. The van der Waals surface area contributed by atoms with Crippen LogP contribution < -0.4 is 15.2 Å². The van der Waals surface area contributed by atoms with Crippen molar-refractivity contribution in [3.8, 4) is 11.5 Å². The van der Waals surface area contributed by atoms with Crippen LogP contribution in [0.1, 0.15) is 24.8 Å². The summed E-state index contributed by atoms with van der Waals surface area (Å²) in [6.45, 7) is 2.87. The first-order chi connectivity index (χ1) is 11.0. The molecular weight excluding hydrogens is 320 g/mol. The average Bonchev–Trinajstić information content (AvgIpc) is 2.47. The number of piperidine rings is 1. The van der Waals surface area contributed by atoms with Gasteiger partial charge in [0, 0.05) is 24.2 Å². The molecule has 0 aliphatic carbocycles. The normalized spacial score (nSPS) is 24.4. The lowest BCUT2D eigenvalue weighted by Crippen LogP contribution is -2.49. The van der Waals surface area contributed by atoms with E-state index < -0.39 is 11.5 Å². The lowest BCUT2D eigenvalue weighted by molar-refractivity contribution is -0.125. The monoisotopic (exact) mass is 340 g/mol. The molecule has 2 aliphatic heterocycles. The molecule has 0 radical (unpaired) electrons. The van der Waals surface area contributed by atoms with Gasteiger partial charge in [0.25, 0.3) is 0 Å². The smallest absolute Gasteiger partial charge is 0.220 e. The van der Waals surface area contributed by atoms with E-state index in [0.717, 1.165) is 18.5 Å². The molecule has 1 aromatic rings. The SMILES string of the molecule is NC(=O)CC1(O)CCCN(Cc2cc3c(cc2Cl)OCCO3)C1. The number of benzene rings is 1. The minimum absolute atomic E-state index is 0.0155. The fourth-order valence-corrected chi connectivity index (χ4v) is 3.49. The van der Waals surface area contributed by atoms with Crippen molar-refractivity contribution < 1.29 is 19.4 Å². The van der Waals surface area contributed by atoms with Crippen molar-refractivity contribution >= 4 is 17.5 Å². The zero-order valence-corrected chi connectivity index (χ0v) is 13.6. The Morgan fingerprint density at radius 2 is 2.04 bits per heavy atom. The van der Waals surface area contributed by atoms with Crippen molar-refractivity contribution in [2.75, 3.05) is 26.3 Å². The number of likely N-dealkylation sites (tertiary alicyclic amines) is 1. The number of halogens is 1. The van der Waals surface area contributed by atoms with Crippen molar-refractivity contribution in [2.24, 2.45) is 5.73 Å². The first kappa shape index (κ1) is 16.4. The fraction of sp³-hybridized carbons (Fsp3) is 0.562. The number of primary amides is 1. The Bertz CT molecular complexity index is 610. The van der Waals surface area contributed by atoms with E-state index in [0.29, 0.717) is 49.2 Å². The second kappa shape index (κ2) is 6.55. The van der Waals surface area contributed by atoms with Gasteiger partial charge in [0.2, 0.25) is 5.91 Å². The first-order valence-electron chi connectivity index (χ1n) is 7.76. The Hall–Kier alpha value is -1.50. The molecule has 3 rings (SSSR count). The molecule has 23 heavy (non-hydrogen) atoms. The van der Waals surface area contributed by atoms with Crippen LogP contribution in [0.3, 0.4) is 0 Å². The minimum Gasteiger partial charge on any atom is -0.486 e. The summed E-state index contributed by atoms with van der Waals surface area (Å²) in [5, 5.41) is 11.1. The Morgan fingerprint density at radius 1 is 1.35 bits per heavy atom. The van der Waals surface area contributed by atoms with Gasteiger partial charge < -0.3 is 20.3 Å². The summed E-state index contributed by atoms with van der Waals surface area (Å²) in [6, 6.07) is 3.66. The number of nitrogens with zero attached hydrogens (tertiary/aromatic N) is 1. The van der Waals surface area contributed by atoms with E-state index in [1.807, 2.05) is 6.07 Å². The van der Waals surface area contributed by atoms with E-state index in [1.165, 1.54) is 0 Å². The largest absolute Gasteiger partial charge is 0.486 e. The second-order valence-corrected chi connectivity index (χ2v) is 6.68. The van der Waals surface area contributed by atoms with Crippen LogP contribution in [0.15, 0.2) is 12.1 Å². The minimum atomic E-state index is -1.05. The third kappa shape index (κ3) is 3.88. The average molecular weight is 341 g/mol. The van der Waals surface area contributed by atoms with Crippen LogP contribution >= 0.6 is 11.6 Å². The van der Waals surface area contributed by atoms with Crippen molar-refractivity contribution in [1.82, 2.24) is 4.90 Å². The number of carbonyl (C=O) groups excluding carboxylic acids is 1. The molecule has 1 saturated heterocycles. The Morgan fingerprint density at radius 3 is 2.74 bits per heavy atom. The molecule has 1 amide bonds. The molecule has 1 aromatic carbocycles. The van der Waals surface area contributed by atoms with Crippen molar-refractivity contribution in [1.29, 1.82) is 0 Å². The van der Waals surface area contributed by atoms with E-state index in [2.05, 4.69) is 4.90 Å². The van der Waals surface area contributed by atoms with Gasteiger partial charge in [0.1, 0.15) is 13.2 Å². The van der Waals surface area contributed by atoms with Crippen LogP contribution in [0.5, 0.6) is 11.5 Å². The summed E-state index contributed by atoms with van der Waals surface area (Å²) in [5.41, 5.74) is 5.10. The highest BCUT2D eigenvalue weighted by Gasteiger charge is 2.35. The molecule has 3 N–H and O–H groups in total. The summed E-state index contributed by atoms with van der Waals surface area (Å²) >= 11 is 6.34. The zero-order chi connectivity index (χ0) is 16.4. The number of nitrogens with two attached hydrogens (primary N) is 1. The van der Waals surface area contributed by atoms with Gasteiger partial charge in [-0.05, 0) is 31.0 Å². The Balaban J connectivity index is 1.72. The van der Waals surface area contributed by atoms with Gasteiger partial charge in [-0.25, -0.2) is 0 Å². The molecule has 2 aliphatic rings. The molecule has 126 valence electrons. The van der Waals surface area contributed by atoms with Gasteiger partial charge in [-0.2, -0.15) is 0 Å². The number of aliphatic hydroxyl groups is 1. The van der Waals surface area contributed by atoms with Gasteiger partial charge in [0.05, 0.1) is 12.0 Å². The van der Waals surface area contributed by atoms with Crippen LogP contribution in [0, 0.1) is 0 Å². The number of carbonyl (C=O) groups is 1. The number of rotatable bonds is 4. The van der Waals surface area contributed by atoms with Crippen LogP contribution in [0.25, 0.3) is 0 Å². The van der Waals surface area contributed by atoms with Crippen LogP contribution in [-0.2, 0) is 11.3 Å². The highest BCUT2D eigenvalue weighted by molar-refractivity contribution is 6.31. The topological polar surface area (TPSA) is 85.0 Å². The van der Waals surface area contributed by atoms with Crippen LogP contribution in [-0.4, -0.2) is 47.8 Å². The maximum Gasteiger partial charge on any atom is 0.220 e. The van der Waals surface area contributed by atoms with Crippen LogP contribution in [0.2, 0.25) is 5.02 Å². The van der Waals surface area contributed by atoms with Gasteiger partial charge in [-0.3, -0.25) is 9.69 Å². The van der Waals surface area contributed by atoms with Gasteiger partial charge in [-0.1, -0.05) is 11.6 Å². The van der Waals surface area contributed by atoms with Crippen molar-refractivity contribution in [2.45, 2.75) is 31.4 Å². The van der Waals surface area contributed by atoms with Gasteiger partial charge in [0.15, 0.2) is 11.5 Å². The van der Waals surface area contributed by atoms with E-state index >= 15 is 0 Å². The lowest BCUT2D eigenvalue weighted by atomic mass is 9.89. The molecular formula is C16H21ClN2O4. The maximum atomic E-state index is 11.1. The number of hydrogen-bond donors (Lipinski definition) is 2. The lowest BCUT2D eigenvalue weighted by Gasteiger charge is -2.38. The van der Waals surface area contributed by atoms with Gasteiger partial charge >= 0.3 is 0 Å². The molecule has 1 unspecified atom stereocenters. The van der Waals surface area contributed by atoms with E-state index in [4.69, 9.17) is 26.8 Å². The number of β-amino-alcohol motifs (C(OH)–C–C–N with tert-alkyl or cyclic N) is 1. The number of hydrogen-bond acceptors (Lipinski definition) is 5. The quantitative estimate of drug-likeness (QED) is 0.863. The molecule has 1 fully saturated rings. The van der Waals surface area contributed by atoms with Crippen molar-refractivity contribution in [3.05, 3.63) is 22.7 Å². The molecule has 0 aromatic heterocycles. The highest BCUT2D eigenvalue weighted by atomic mass is 35.5. The Labute approximate surface area is 140 Å². The number of ether oxygens (including phenoxy) is 2. The van der Waals surface area contributed by atoms with E-state index in [1.54, 1.807) is 6.07 Å². The summed E-state index contributed by atoms with van der Waals surface area (Å²) in [4.78, 5) is 13.2. The summed E-state index contributed by atoms with van der Waals surface area (Å²) in [5.74, 6) is 0.876. The van der Waals surface area contributed by atoms with E-state index in [9.17, 15) is 9.90 Å². The van der Waals surface area contributed by atoms with Crippen molar-refractivity contribution in [3.63, 3.8) is 0 Å². The zero-order valence-electron chi connectivity index (χ0n) is 12.9. The summed E-state index contributed by atoms with van der Waals surface area (Å²) in [6.07, 6.45) is 1.38. The predicted octanol–water partition coefficient (Wildman–Crippen LogP) is 1.31. The third-order valence-corrected chi connectivity index (χ3v) is 4.59. The standard InChI is InChI=1S/C16H21ClN2O4/c17-12-7-14-13(22-4-5-23-14)6-11(12)9-19-3-1-2-16(21,10-19)8-15(18)20/h6-7,21H,1-5,8-10H2,(H2,18,20). The summed E-state index contributed by atoms with van der Waals surface area (Å²) < 4.78 is 11.1. The molecule has 7 heteroatoms. The molecule has 1 atom stereocenters. The molecule has 6 nitrogen and oxygen atoms in total. The predicted molar refractivity (Wildman–Crippen MR) is 85.7 cm³/mol. The fourth-order valence-electron chi connectivity index (χ4n) is 3.28. The second-order valence-electron chi connectivity index (χ2n) is 6.27. The van der Waals surface area contributed by atoms with E-state index in [-0.39, 0.29) is 6.42 Å². The molecule has 0 saturated carbocycles. The highest BCUT2D eigenvalue weighted by Crippen LogP contribution is 2.36. The number of amides is 1. The molecule has 0 bridgehead atoms. The Kier molecular flexibility index (Phi) is 4.66. The molecule has 0 spiro atoms. The maximum absolute atomic E-state index is 11.1. The summed E-state index contributed by atoms with van der Waals surface area (Å²) in [7, 11) is 0. The van der Waals surface area contributed by atoms with Crippen LogP contribution in [0.4, 0.5) is 0 Å².